The molecule has 3 rings (SSSR count). The summed E-state index contributed by atoms with van der Waals surface area (Å²) in [5, 5.41) is 0. The Morgan fingerprint density at radius 2 is 1.55 bits per heavy atom. The lowest BCUT2D eigenvalue weighted by molar-refractivity contribution is -0.127. The molecule has 0 bridgehead atoms. The van der Waals surface area contributed by atoms with Crippen LogP contribution in [0.4, 0.5) is 5.95 Å². The van der Waals surface area contributed by atoms with Crippen LogP contribution in [0.15, 0.2) is 12.4 Å². The SMILES string of the molecule is CCC1CN(C(C)C)CC(CC)N1c1ncc(CN2CCC(C(=O)C(C)C)CC2)cn1. The van der Waals surface area contributed by atoms with Crippen LogP contribution < -0.4 is 4.90 Å². The molecule has 2 aliphatic heterocycles. The van der Waals surface area contributed by atoms with E-state index in [1.165, 1.54) is 5.56 Å². The molecule has 3 heterocycles. The van der Waals surface area contributed by atoms with E-state index >= 15 is 0 Å². The van der Waals surface area contributed by atoms with Crippen LogP contribution in [0.3, 0.4) is 0 Å². The predicted octanol–water partition coefficient (Wildman–Crippen LogP) is 4.00. The number of piperazine rings is 1. The summed E-state index contributed by atoms with van der Waals surface area (Å²) in [6, 6.07) is 1.50. The number of aromatic nitrogens is 2. The number of Topliss-reactive ketones (excluding diaryl/α,β-unsaturated/α-hetero) is 1. The molecule has 1 aromatic rings. The summed E-state index contributed by atoms with van der Waals surface area (Å²) in [6.45, 7) is 18.2. The van der Waals surface area contributed by atoms with E-state index in [1.807, 2.05) is 26.2 Å². The van der Waals surface area contributed by atoms with Crippen molar-refractivity contribution in [2.75, 3.05) is 31.1 Å². The lowest BCUT2D eigenvalue weighted by Crippen LogP contribution is -2.60. The van der Waals surface area contributed by atoms with Crippen molar-refractivity contribution in [3.05, 3.63) is 18.0 Å². The Balaban J connectivity index is 1.61. The molecule has 0 aliphatic carbocycles. The van der Waals surface area contributed by atoms with Crippen molar-refractivity contribution in [2.24, 2.45) is 11.8 Å². The summed E-state index contributed by atoms with van der Waals surface area (Å²) >= 11 is 0. The Kier molecular flexibility index (Phi) is 8.45. The van der Waals surface area contributed by atoms with Gasteiger partial charge in [0.2, 0.25) is 5.95 Å². The third kappa shape index (κ3) is 5.83. The van der Waals surface area contributed by atoms with Crippen LogP contribution in [0.2, 0.25) is 0 Å². The number of rotatable bonds is 8. The molecule has 0 radical (unpaired) electrons. The van der Waals surface area contributed by atoms with E-state index in [4.69, 9.17) is 9.97 Å². The van der Waals surface area contributed by atoms with Crippen LogP contribution in [-0.2, 0) is 11.3 Å². The first-order valence-corrected chi connectivity index (χ1v) is 12.4. The molecule has 0 spiro atoms. The molecule has 2 fully saturated rings. The number of ketones is 1. The minimum atomic E-state index is 0.152. The summed E-state index contributed by atoms with van der Waals surface area (Å²) in [6.07, 6.45) is 8.20. The van der Waals surface area contributed by atoms with E-state index < -0.39 is 0 Å². The zero-order chi connectivity index (χ0) is 22.5. The van der Waals surface area contributed by atoms with Gasteiger partial charge < -0.3 is 4.90 Å². The number of anilines is 1. The standard InChI is InChI=1S/C25H43N5O/c1-7-22-16-29(19(5)6)17-23(8-2)30(22)25-26-13-20(14-27-25)15-28-11-9-21(10-12-28)24(31)18(3)4/h13-14,18-19,21-23H,7-12,15-17H2,1-6H3. The number of carbonyl (C=O) groups is 1. The van der Waals surface area contributed by atoms with Crippen molar-refractivity contribution < 1.29 is 4.79 Å². The van der Waals surface area contributed by atoms with Gasteiger partial charge in [-0.15, -0.1) is 0 Å². The van der Waals surface area contributed by atoms with E-state index in [0.29, 0.717) is 23.9 Å². The molecular formula is C25H43N5O. The highest BCUT2D eigenvalue weighted by Crippen LogP contribution is 2.27. The molecular weight excluding hydrogens is 386 g/mol. The van der Waals surface area contributed by atoms with E-state index in [0.717, 1.165) is 64.4 Å². The fourth-order valence-corrected chi connectivity index (χ4v) is 5.16. The van der Waals surface area contributed by atoms with Gasteiger partial charge in [0.25, 0.3) is 0 Å². The van der Waals surface area contributed by atoms with Gasteiger partial charge in [0, 0.05) is 67.6 Å². The maximum atomic E-state index is 12.3. The van der Waals surface area contributed by atoms with Gasteiger partial charge in [-0.1, -0.05) is 27.7 Å². The number of carbonyl (C=O) groups excluding carboxylic acids is 1. The highest BCUT2D eigenvalue weighted by molar-refractivity contribution is 5.82. The smallest absolute Gasteiger partial charge is 0.225 e. The van der Waals surface area contributed by atoms with Crippen molar-refractivity contribution in [1.82, 2.24) is 19.8 Å². The molecule has 0 saturated carbocycles. The molecule has 31 heavy (non-hydrogen) atoms. The first-order valence-electron chi connectivity index (χ1n) is 12.4. The maximum absolute atomic E-state index is 12.3. The minimum Gasteiger partial charge on any atom is -0.332 e. The second-order valence-corrected chi connectivity index (χ2v) is 10.1. The summed E-state index contributed by atoms with van der Waals surface area (Å²) in [7, 11) is 0. The summed E-state index contributed by atoms with van der Waals surface area (Å²) < 4.78 is 0. The lowest BCUT2D eigenvalue weighted by atomic mass is 9.87. The number of piperidine rings is 1. The first-order chi connectivity index (χ1) is 14.8. The highest BCUT2D eigenvalue weighted by atomic mass is 16.1. The molecule has 0 N–H and O–H groups in total. The zero-order valence-corrected chi connectivity index (χ0v) is 20.5. The topological polar surface area (TPSA) is 52.6 Å². The second-order valence-electron chi connectivity index (χ2n) is 10.1. The summed E-state index contributed by atoms with van der Waals surface area (Å²) in [4.78, 5) is 29.4. The number of hydrogen-bond acceptors (Lipinski definition) is 6. The van der Waals surface area contributed by atoms with Crippen molar-refractivity contribution in [3.8, 4) is 0 Å². The Bertz CT molecular complexity index is 682. The van der Waals surface area contributed by atoms with Gasteiger partial charge in [0.15, 0.2) is 0 Å². The van der Waals surface area contributed by atoms with E-state index in [-0.39, 0.29) is 11.8 Å². The molecule has 6 nitrogen and oxygen atoms in total. The van der Waals surface area contributed by atoms with Crippen LogP contribution >= 0.6 is 0 Å². The summed E-state index contributed by atoms with van der Waals surface area (Å²) in [5.41, 5.74) is 1.17. The molecule has 2 atom stereocenters. The molecule has 2 unspecified atom stereocenters. The van der Waals surface area contributed by atoms with Gasteiger partial charge >= 0.3 is 0 Å². The third-order valence-electron chi connectivity index (χ3n) is 7.24. The number of hydrogen-bond donors (Lipinski definition) is 0. The predicted molar refractivity (Wildman–Crippen MR) is 127 cm³/mol. The molecule has 0 amide bonds. The lowest BCUT2D eigenvalue weighted by Gasteiger charge is -2.48. The summed E-state index contributed by atoms with van der Waals surface area (Å²) in [5.74, 6) is 1.71. The Morgan fingerprint density at radius 3 is 2.00 bits per heavy atom. The van der Waals surface area contributed by atoms with Gasteiger partial charge in [-0.2, -0.15) is 0 Å². The number of likely N-dealkylation sites (tertiary alicyclic amines) is 1. The van der Waals surface area contributed by atoms with Crippen molar-refractivity contribution in [3.63, 3.8) is 0 Å². The average molecular weight is 430 g/mol. The Morgan fingerprint density at radius 1 is 1.00 bits per heavy atom. The van der Waals surface area contributed by atoms with E-state index in [9.17, 15) is 4.79 Å². The van der Waals surface area contributed by atoms with Gasteiger partial charge in [-0.05, 0) is 52.6 Å². The maximum Gasteiger partial charge on any atom is 0.225 e. The van der Waals surface area contributed by atoms with E-state index in [2.05, 4.69) is 42.4 Å². The largest absolute Gasteiger partial charge is 0.332 e. The van der Waals surface area contributed by atoms with Gasteiger partial charge in [-0.25, -0.2) is 9.97 Å². The Hall–Kier alpha value is -1.53. The van der Waals surface area contributed by atoms with Crippen LogP contribution in [0.25, 0.3) is 0 Å². The quantitative estimate of drug-likeness (QED) is 0.623. The monoisotopic (exact) mass is 429 g/mol. The van der Waals surface area contributed by atoms with Crippen molar-refractivity contribution in [2.45, 2.75) is 91.9 Å². The fourth-order valence-electron chi connectivity index (χ4n) is 5.16. The molecule has 2 saturated heterocycles. The van der Waals surface area contributed by atoms with Crippen LogP contribution in [0.1, 0.15) is 72.8 Å². The first kappa shape index (κ1) is 24.1. The molecule has 2 aliphatic rings. The normalized spacial score (nSPS) is 24.3. The van der Waals surface area contributed by atoms with Gasteiger partial charge in [0.05, 0.1) is 0 Å². The average Bonchev–Trinajstić information content (AvgIpc) is 2.78. The minimum absolute atomic E-state index is 0.152. The second kappa shape index (κ2) is 10.9. The molecule has 0 aromatic carbocycles. The number of nitrogens with zero attached hydrogens (tertiary/aromatic N) is 5. The zero-order valence-electron chi connectivity index (χ0n) is 20.5. The molecule has 1 aromatic heterocycles. The van der Waals surface area contributed by atoms with Crippen molar-refractivity contribution in [1.29, 1.82) is 0 Å². The van der Waals surface area contributed by atoms with Gasteiger partial charge in [-0.3, -0.25) is 14.6 Å². The van der Waals surface area contributed by atoms with Gasteiger partial charge in [0.1, 0.15) is 5.78 Å². The van der Waals surface area contributed by atoms with Crippen molar-refractivity contribution >= 4 is 11.7 Å². The fraction of sp³-hybridized carbons (Fsp3) is 0.800. The van der Waals surface area contributed by atoms with Crippen LogP contribution in [0.5, 0.6) is 0 Å². The van der Waals surface area contributed by atoms with Crippen LogP contribution in [0, 0.1) is 11.8 Å². The molecule has 6 heteroatoms. The molecule has 174 valence electrons. The Labute approximate surface area is 189 Å². The highest BCUT2D eigenvalue weighted by Gasteiger charge is 2.35. The third-order valence-corrected chi connectivity index (χ3v) is 7.24. The van der Waals surface area contributed by atoms with E-state index in [1.54, 1.807) is 0 Å². The van der Waals surface area contributed by atoms with Crippen LogP contribution in [-0.4, -0.2) is 69.9 Å².